The lowest BCUT2D eigenvalue weighted by Gasteiger charge is -2.45. The zero-order valence-corrected chi connectivity index (χ0v) is 20.5. The predicted octanol–water partition coefficient (Wildman–Crippen LogP) is 2.79. The molecule has 2 aromatic heterocycles. The Labute approximate surface area is 203 Å². The van der Waals surface area contributed by atoms with Gasteiger partial charge in [-0.3, -0.25) is 0 Å². The van der Waals surface area contributed by atoms with E-state index >= 15 is 0 Å². The van der Waals surface area contributed by atoms with Gasteiger partial charge in [-0.2, -0.15) is 0 Å². The summed E-state index contributed by atoms with van der Waals surface area (Å²) >= 11 is 1.50. The molecular formula is C24H31N5O4S. The van der Waals surface area contributed by atoms with E-state index < -0.39 is 0 Å². The van der Waals surface area contributed by atoms with Gasteiger partial charge in [0.2, 0.25) is 0 Å². The highest BCUT2D eigenvalue weighted by Crippen LogP contribution is 2.45. The molecule has 3 saturated heterocycles. The van der Waals surface area contributed by atoms with Gasteiger partial charge < -0.3 is 29.5 Å². The average Bonchev–Trinajstić information content (AvgIpc) is 3.19. The zero-order valence-electron chi connectivity index (χ0n) is 19.7. The first-order valence-corrected chi connectivity index (χ1v) is 12.8. The van der Waals surface area contributed by atoms with E-state index in [1.807, 2.05) is 13.0 Å². The molecule has 4 aliphatic rings. The molecule has 6 heterocycles. The van der Waals surface area contributed by atoms with E-state index in [4.69, 9.17) is 24.2 Å². The molecule has 0 amide bonds. The van der Waals surface area contributed by atoms with Gasteiger partial charge in [-0.15, -0.1) is 0 Å². The van der Waals surface area contributed by atoms with Crippen LogP contribution in [-0.4, -0.2) is 71.2 Å². The maximum atomic E-state index is 10.1. The summed E-state index contributed by atoms with van der Waals surface area (Å²) in [4.78, 5) is 17.4. The molecule has 0 saturated carbocycles. The highest BCUT2D eigenvalue weighted by atomic mass is 32.2. The number of hydrogen-bond donors (Lipinski definition) is 2. The van der Waals surface area contributed by atoms with Crippen molar-refractivity contribution in [2.75, 3.05) is 49.7 Å². The summed E-state index contributed by atoms with van der Waals surface area (Å²) in [6, 6.07) is 1.93. The van der Waals surface area contributed by atoms with E-state index in [-0.39, 0.29) is 12.1 Å². The first kappa shape index (κ1) is 22.3. The molecule has 2 N–H and O–H groups in total. The van der Waals surface area contributed by atoms with Gasteiger partial charge in [0.05, 0.1) is 43.1 Å². The Morgan fingerprint density at radius 1 is 1.21 bits per heavy atom. The van der Waals surface area contributed by atoms with Crippen LogP contribution < -0.4 is 15.0 Å². The lowest BCUT2D eigenvalue weighted by atomic mass is 9.77. The molecule has 0 radical (unpaired) electrons. The van der Waals surface area contributed by atoms with Gasteiger partial charge in [-0.25, -0.2) is 15.0 Å². The maximum absolute atomic E-state index is 10.1. The lowest BCUT2D eigenvalue weighted by molar-refractivity contribution is -0.0652. The predicted molar refractivity (Wildman–Crippen MR) is 128 cm³/mol. The number of fused-ring (bicyclic) bond motifs is 1. The van der Waals surface area contributed by atoms with E-state index in [1.54, 1.807) is 6.20 Å². The summed E-state index contributed by atoms with van der Waals surface area (Å²) in [5.41, 5.74) is 1.59. The normalized spacial score (nSPS) is 24.4. The van der Waals surface area contributed by atoms with Crippen LogP contribution in [0.4, 0.5) is 11.6 Å². The molecule has 182 valence electrons. The second kappa shape index (κ2) is 8.51. The molecule has 1 atom stereocenters. The molecular weight excluding hydrogens is 454 g/mol. The smallest absolute Gasteiger partial charge is 0.175 e. The minimum atomic E-state index is -0.166. The van der Waals surface area contributed by atoms with Crippen molar-refractivity contribution < 1.29 is 19.3 Å². The van der Waals surface area contributed by atoms with Crippen molar-refractivity contribution in [3.8, 4) is 5.75 Å². The summed E-state index contributed by atoms with van der Waals surface area (Å²) in [7, 11) is 0. The number of piperidine rings is 1. The average molecular weight is 486 g/mol. The van der Waals surface area contributed by atoms with Crippen LogP contribution in [0.25, 0.3) is 0 Å². The maximum Gasteiger partial charge on any atom is 0.175 e. The third kappa shape index (κ3) is 3.90. The van der Waals surface area contributed by atoms with Crippen LogP contribution in [0.1, 0.15) is 37.6 Å². The van der Waals surface area contributed by atoms with E-state index in [1.165, 1.54) is 11.8 Å². The molecule has 0 bridgehead atoms. The van der Waals surface area contributed by atoms with Crippen LogP contribution in [0, 0.1) is 12.3 Å². The van der Waals surface area contributed by atoms with Gasteiger partial charge in [0.25, 0.3) is 0 Å². The highest BCUT2D eigenvalue weighted by molar-refractivity contribution is 7.99. The number of pyridine rings is 1. The number of nitrogens with zero attached hydrogens (tertiary/aromatic N) is 4. The number of aliphatic hydroxyl groups excluding tert-OH is 1. The standard InChI is InChI=1S/C24H31N5O4S/c1-15-9-23(11-32-15)4-7-29(8-5-23)21-17(10-30)27-22(16(2)26-21)34-18-3-6-25-20-19(18)33-14-24(28-20)12-31-13-24/h3,6,15,30H,4-5,7-14H2,1-2H3,(H,25,28)/t15-/m0/s1. The summed E-state index contributed by atoms with van der Waals surface area (Å²) in [6.45, 7) is 8.47. The fourth-order valence-corrected chi connectivity index (χ4v) is 6.35. The number of rotatable bonds is 4. The molecule has 6 rings (SSSR count). The molecule has 4 aliphatic heterocycles. The van der Waals surface area contributed by atoms with Gasteiger partial charge in [0.1, 0.15) is 22.9 Å². The summed E-state index contributed by atoms with van der Waals surface area (Å²) in [5, 5.41) is 14.4. The van der Waals surface area contributed by atoms with Crippen molar-refractivity contribution in [1.29, 1.82) is 0 Å². The monoisotopic (exact) mass is 485 g/mol. The molecule has 0 unspecified atom stereocenters. The van der Waals surface area contributed by atoms with Gasteiger partial charge in [0.15, 0.2) is 17.4 Å². The number of aryl methyl sites for hydroxylation is 1. The van der Waals surface area contributed by atoms with E-state index in [2.05, 4.69) is 22.1 Å². The number of ether oxygens (including phenoxy) is 3. The summed E-state index contributed by atoms with van der Waals surface area (Å²) < 4.78 is 17.3. The quantitative estimate of drug-likeness (QED) is 0.672. The number of aliphatic hydroxyl groups is 1. The molecule has 10 heteroatoms. The lowest BCUT2D eigenvalue weighted by Crippen LogP contribution is -2.61. The molecule has 3 fully saturated rings. The first-order valence-electron chi connectivity index (χ1n) is 12.0. The summed E-state index contributed by atoms with van der Waals surface area (Å²) in [6.07, 6.45) is 5.43. The van der Waals surface area contributed by atoms with Crippen LogP contribution in [0.5, 0.6) is 5.75 Å². The Morgan fingerprint density at radius 3 is 2.71 bits per heavy atom. The van der Waals surface area contributed by atoms with Gasteiger partial charge >= 0.3 is 0 Å². The van der Waals surface area contributed by atoms with E-state index in [0.29, 0.717) is 37.0 Å². The fraction of sp³-hybridized carbons (Fsp3) is 0.625. The van der Waals surface area contributed by atoms with Crippen LogP contribution in [0.15, 0.2) is 22.2 Å². The Bertz CT molecular complexity index is 1090. The van der Waals surface area contributed by atoms with Gasteiger partial charge in [-0.05, 0) is 44.6 Å². The van der Waals surface area contributed by atoms with Gasteiger partial charge in [0, 0.05) is 19.3 Å². The Hall–Kier alpha value is -2.14. The number of hydrogen-bond acceptors (Lipinski definition) is 10. The van der Waals surface area contributed by atoms with Crippen molar-refractivity contribution in [2.24, 2.45) is 5.41 Å². The third-order valence-corrected chi connectivity index (χ3v) is 8.58. The van der Waals surface area contributed by atoms with Crippen LogP contribution in [0.3, 0.4) is 0 Å². The molecule has 0 aliphatic carbocycles. The van der Waals surface area contributed by atoms with E-state index in [9.17, 15) is 5.11 Å². The van der Waals surface area contributed by atoms with Crippen LogP contribution >= 0.6 is 11.8 Å². The van der Waals surface area contributed by atoms with Crippen molar-refractivity contribution in [1.82, 2.24) is 15.0 Å². The molecule has 2 aromatic rings. The summed E-state index contributed by atoms with van der Waals surface area (Å²) in [5.74, 6) is 2.26. The Morgan fingerprint density at radius 2 is 2.03 bits per heavy atom. The Kier molecular flexibility index (Phi) is 5.59. The van der Waals surface area contributed by atoms with Crippen LogP contribution in [-0.2, 0) is 16.1 Å². The largest absolute Gasteiger partial charge is 0.486 e. The van der Waals surface area contributed by atoms with E-state index in [0.717, 1.165) is 72.0 Å². The SMILES string of the molecule is Cc1nc(N2CCC3(CC2)CO[C@@H](C)C3)c(CO)nc1Sc1ccnc2c1OCC1(COC1)N2. The molecule has 34 heavy (non-hydrogen) atoms. The van der Waals surface area contributed by atoms with Crippen molar-refractivity contribution in [2.45, 2.75) is 61.3 Å². The Balaban J connectivity index is 1.22. The molecule has 9 nitrogen and oxygen atoms in total. The van der Waals surface area contributed by atoms with Gasteiger partial charge in [-0.1, -0.05) is 11.8 Å². The zero-order chi connectivity index (χ0) is 23.3. The fourth-order valence-electron chi connectivity index (χ4n) is 5.41. The highest BCUT2D eigenvalue weighted by Gasteiger charge is 2.44. The topological polar surface area (TPSA) is 102 Å². The van der Waals surface area contributed by atoms with Crippen molar-refractivity contribution in [3.05, 3.63) is 23.7 Å². The second-order valence-corrected chi connectivity index (χ2v) is 11.2. The minimum Gasteiger partial charge on any atom is -0.486 e. The molecule has 0 aromatic carbocycles. The van der Waals surface area contributed by atoms with Crippen molar-refractivity contribution in [3.63, 3.8) is 0 Å². The van der Waals surface area contributed by atoms with Crippen molar-refractivity contribution >= 4 is 23.4 Å². The first-order chi connectivity index (χ1) is 16.5. The number of anilines is 2. The number of nitrogens with one attached hydrogen (secondary N) is 1. The minimum absolute atomic E-state index is 0.146. The second-order valence-electron chi connectivity index (χ2n) is 10.1. The van der Waals surface area contributed by atoms with Crippen LogP contribution in [0.2, 0.25) is 0 Å². The number of aromatic nitrogens is 3. The third-order valence-electron chi connectivity index (χ3n) is 7.45. The molecule has 2 spiro atoms.